The van der Waals surface area contributed by atoms with E-state index in [9.17, 15) is 4.79 Å². The molecular formula is C21H35IN4O2. The van der Waals surface area contributed by atoms with Gasteiger partial charge in [0, 0.05) is 32.7 Å². The highest BCUT2D eigenvalue weighted by Crippen LogP contribution is 2.14. The van der Waals surface area contributed by atoms with E-state index in [1.54, 1.807) is 7.05 Å². The second-order valence-electron chi connectivity index (χ2n) is 8.20. The molecule has 0 atom stereocenters. The lowest BCUT2D eigenvalue weighted by molar-refractivity contribution is -0.153. The zero-order valence-electron chi connectivity index (χ0n) is 17.7. The van der Waals surface area contributed by atoms with Crippen LogP contribution in [0.1, 0.15) is 44.7 Å². The molecule has 0 unspecified atom stereocenters. The largest absolute Gasteiger partial charge is 0.459 e. The summed E-state index contributed by atoms with van der Waals surface area (Å²) in [6, 6.07) is 9.07. The van der Waals surface area contributed by atoms with Crippen LogP contribution in [0.5, 0.6) is 0 Å². The van der Waals surface area contributed by atoms with Gasteiger partial charge in [0.2, 0.25) is 0 Å². The zero-order chi connectivity index (χ0) is 19.9. The van der Waals surface area contributed by atoms with Crippen molar-refractivity contribution in [2.45, 2.75) is 58.7 Å². The Morgan fingerprint density at radius 2 is 1.96 bits per heavy atom. The number of rotatable bonds is 5. The lowest BCUT2D eigenvalue weighted by Crippen LogP contribution is -2.49. The van der Waals surface area contributed by atoms with E-state index < -0.39 is 5.60 Å². The molecule has 1 saturated heterocycles. The molecular weight excluding hydrogens is 467 g/mol. The maximum atomic E-state index is 11.8. The molecule has 0 saturated carbocycles. The molecule has 1 fully saturated rings. The fraction of sp³-hybridized carbons (Fsp3) is 0.619. The van der Waals surface area contributed by atoms with Crippen LogP contribution in [0.15, 0.2) is 29.3 Å². The third-order valence-electron chi connectivity index (χ3n) is 4.46. The van der Waals surface area contributed by atoms with Crippen molar-refractivity contribution in [2.24, 2.45) is 4.99 Å². The summed E-state index contributed by atoms with van der Waals surface area (Å²) < 4.78 is 5.31. The summed E-state index contributed by atoms with van der Waals surface area (Å²) in [4.78, 5) is 18.5. The molecule has 0 amide bonds. The second-order valence-corrected chi connectivity index (χ2v) is 8.20. The normalized spacial score (nSPS) is 16.2. The minimum atomic E-state index is -0.472. The predicted octanol–water partition coefficient (Wildman–Crippen LogP) is 3.08. The van der Waals surface area contributed by atoms with Crippen molar-refractivity contribution in [3.8, 4) is 0 Å². The molecule has 158 valence electrons. The molecule has 1 aliphatic rings. The molecule has 28 heavy (non-hydrogen) atoms. The zero-order valence-corrected chi connectivity index (χ0v) is 20.1. The average molecular weight is 502 g/mol. The minimum absolute atomic E-state index is 0. The first-order valence-electron chi connectivity index (χ1n) is 9.72. The number of carbonyl (C=O) groups is 1. The maximum Gasteiger partial charge on any atom is 0.325 e. The molecule has 0 aromatic heterocycles. The van der Waals surface area contributed by atoms with Gasteiger partial charge in [0.15, 0.2) is 5.96 Å². The number of benzene rings is 1. The molecule has 0 aliphatic carbocycles. The fourth-order valence-corrected chi connectivity index (χ4v) is 3.23. The summed E-state index contributed by atoms with van der Waals surface area (Å²) in [7, 11) is 1.72. The van der Waals surface area contributed by atoms with Crippen LogP contribution < -0.4 is 10.6 Å². The number of nitrogens with zero attached hydrogens (tertiary/aromatic N) is 2. The molecule has 1 aromatic rings. The molecule has 0 radical (unpaired) electrons. The van der Waals surface area contributed by atoms with Gasteiger partial charge in [0.05, 0.1) is 0 Å². The van der Waals surface area contributed by atoms with Crippen molar-refractivity contribution in [3.63, 3.8) is 0 Å². The van der Waals surface area contributed by atoms with E-state index in [0.717, 1.165) is 32.5 Å². The summed E-state index contributed by atoms with van der Waals surface area (Å²) in [6.45, 7) is 10.9. The summed E-state index contributed by atoms with van der Waals surface area (Å²) in [5.74, 6) is 0.372. The highest BCUT2D eigenvalue weighted by Gasteiger charge is 2.21. The summed E-state index contributed by atoms with van der Waals surface area (Å²) in [6.07, 6.45) is 2.11. The lowest BCUT2D eigenvalue weighted by Gasteiger charge is -2.33. The standard InChI is InChI=1S/C21H34N4O2.HI/c1-16-7-6-8-17(13-16)15-25-11-9-18(10-12-25)24-20(22-5)23-14-19(26)27-21(2,3)4;/h6-8,13,18H,9-12,14-15H2,1-5H3,(H2,22,23,24);1H. The molecule has 0 spiro atoms. The molecule has 2 N–H and O–H groups in total. The molecule has 6 nitrogen and oxygen atoms in total. The number of hydrogen-bond acceptors (Lipinski definition) is 4. The lowest BCUT2D eigenvalue weighted by atomic mass is 10.0. The average Bonchev–Trinajstić information content (AvgIpc) is 2.58. The molecule has 7 heteroatoms. The third kappa shape index (κ3) is 9.23. The van der Waals surface area contributed by atoms with Gasteiger partial charge in [-0.3, -0.25) is 14.7 Å². The van der Waals surface area contributed by atoms with Crippen LogP contribution >= 0.6 is 24.0 Å². The molecule has 2 rings (SSSR count). The Labute approximate surface area is 186 Å². The van der Waals surface area contributed by atoms with E-state index in [4.69, 9.17) is 4.74 Å². The van der Waals surface area contributed by atoms with Gasteiger partial charge in [-0.05, 0) is 46.1 Å². The number of aliphatic imine (C=N–C) groups is 1. The number of hydrogen-bond donors (Lipinski definition) is 2. The minimum Gasteiger partial charge on any atom is -0.459 e. The number of likely N-dealkylation sites (tertiary alicyclic amines) is 1. The smallest absolute Gasteiger partial charge is 0.325 e. The number of esters is 1. The highest BCUT2D eigenvalue weighted by atomic mass is 127. The summed E-state index contributed by atoms with van der Waals surface area (Å²) in [5.41, 5.74) is 2.21. The van der Waals surface area contributed by atoms with Gasteiger partial charge in [-0.25, -0.2) is 0 Å². The Bertz CT molecular complexity index is 650. The van der Waals surface area contributed by atoms with E-state index in [2.05, 4.69) is 51.7 Å². The topological polar surface area (TPSA) is 66.0 Å². The van der Waals surface area contributed by atoms with Gasteiger partial charge >= 0.3 is 5.97 Å². The third-order valence-corrected chi connectivity index (χ3v) is 4.46. The van der Waals surface area contributed by atoms with Crippen LogP contribution in [-0.4, -0.2) is 55.2 Å². The SMILES string of the molecule is CN=C(NCC(=O)OC(C)(C)C)NC1CCN(Cc2cccc(C)c2)CC1.I. The van der Waals surface area contributed by atoms with Crippen molar-refractivity contribution in [2.75, 3.05) is 26.7 Å². The number of guanidine groups is 1. The van der Waals surface area contributed by atoms with Crippen LogP contribution in [0.25, 0.3) is 0 Å². The Morgan fingerprint density at radius 1 is 1.29 bits per heavy atom. The quantitative estimate of drug-likeness (QED) is 0.281. The fourth-order valence-electron chi connectivity index (χ4n) is 3.23. The van der Waals surface area contributed by atoms with E-state index >= 15 is 0 Å². The summed E-state index contributed by atoms with van der Waals surface area (Å²) >= 11 is 0. The van der Waals surface area contributed by atoms with E-state index in [-0.39, 0.29) is 36.5 Å². The Kier molecular flexibility index (Phi) is 10.2. The maximum absolute atomic E-state index is 11.8. The van der Waals surface area contributed by atoms with Gasteiger partial charge in [-0.15, -0.1) is 24.0 Å². The number of nitrogens with one attached hydrogen (secondary N) is 2. The number of ether oxygens (including phenoxy) is 1. The monoisotopic (exact) mass is 502 g/mol. The van der Waals surface area contributed by atoms with E-state index in [1.165, 1.54) is 11.1 Å². The predicted molar refractivity (Wildman–Crippen MR) is 125 cm³/mol. The van der Waals surface area contributed by atoms with Crippen LogP contribution in [0, 0.1) is 6.92 Å². The molecule has 1 aliphatic heterocycles. The number of piperidine rings is 1. The molecule has 1 heterocycles. The van der Waals surface area contributed by atoms with Gasteiger partial charge in [-0.1, -0.05) is 29.8 Å². The van der Waals surface area contributed by atoms with Crippen LogP contribution in [0.2, 0.25) is 0 Å². The van der Waals surface area contributed by atoms with Crippen LogP contribution in [-0.2, 0) is 16.1 Å². The first-order valence-corrected chi connectivity index (χ1v) is 9.72. The second kappa shape index (κ2) is 11.6. The first kappa shape index (κ1) is 24.7. The van der Waals surface area contributed by atoms with E-state index in [1.807, 2.05) is 20.8 Å². The Balaban J connectivity index is 0.00000392. The molecule has 1 aromatic carbocycles. The van der Waals surface area contributed by atoms with Crippen LogP contribution in [0.3, 0.4) is 0 Å². The highest BCUT2D eigenvalue weighted by molar-refractivity contribution is 14.0. The first-order chi connectivity index (χ1) is 12.7. The number of halogens is 1. The van der Waals surface area contributed by atoms with Gasteiger partial charge in [0.1, 0.15) is 12.1 Å². The Morgan fingerprint density at radius 3 is 2.54 bits per heavy atom. The van der Waals surface area contributed by atoms with Crippen molar-refractivity contribution in [1.29, 1.82) is 0 Å². The number of aryl methyl sites for hydroxylation is 1. The van der Waals surface area contributed by atoms with Gasteiger partial charge in [0.25, 0.3) is 0 Å². The Hall–Kier alpha value is -1.35. The van der Waals surface area contributed by atoms with Gasteiger partial charge in [-0.2, -0.15) is 0 Å². The van der Waals surface area contributed by atoms with Crippen LogP contribution in [0.4, 0.5) is 0 Å². The van der Waals surface area contributed by atoms with Crippen molar-refractivity contribution < 1.29 is 9.53 Å². The van der Waals surface area contributed by atoms with Crippen molar-refractivity contribution in [3.05, 3.63) is 35.4 Å². The molecule has 0 bridgehead atoms. The van der Waals surface area contributed by atoms with E-state index in [0.29, 0.717) is 12.0 Å². The summed E-state index contributed by atoms with van der Waals surface area (Å²) in [5, 5.41) is 6.47. The van der Waals surface area contributed by atoms with Crippen molar-refractivity contribution in [1.82, 2.24) is 15.5 Å². The number of carbonyl (C=O) groups excluding carboxylic acids is 1. The van der Waals surface area contributed by atoms with Gasteiger partial charge < -0.3 is 15.4 Å². The van der Waals surface area contributed by atoms with Crippen molar-refractivity contribution >= 4 is 35.9 Å².